The summed E-state index contributed by atoms with van der Waals surface area (Å²) in [4.78, 5) is 11.1. The molecule has 1 aliphatic rings. The molecule has 0 amide bonds. The van der Waals surface area contributed by atoms with Crippen LogP contribution in [0.1, 0.15) is 31.7 Å². The fourth-order valence-electron chi connectivity index (χ4n) is 2.91. The average Bonchev–Trinajstić information content (AvgIpc) is 3.06. The third kappa shape index (κ3) is 6.97. The first kappa shape index (κ1) is 22.0. The van der Waals surface area contributed by atoms with Crippen LogP contribution in [0.2, 0.25) is 0 Å². The molecule has 2 heterocycles. The fraction of sp³-hybridized carbons (Fsp3) is 0.667. The molecule has 1 aromatic rings. The molecule has 1 fully saturated rings. The zero-order valence-corrected chi connectivity index (χ0v) is 17.9. The molecule has 7 heteroatoms. The molecule has 0 radical (unpaired) electrons. The van der Waals surface area contributed by atoms with E-state index in [4.69, 9.17) is 9.47 Å². The molecule has 2 rings (SSSR count). The van der Waals surface area contributed by atoms with Crippen LogP contribution in [-0.2, 0) is 11.3 Å². The molecule has 6 nitrogen and oxygen atoms in total. The van der Waals surface area contributed by atoms with E-state index >= 15 is 0 Å². The number of methoxy groups -OCH3 is 1. The number of aliphatic imine (C=N–C) groups is 1. The molecule has 142 valence electrons. The van der Waals surface area contributed by atoms with Crippen molar-refractivity contribution in [2.75, 3.05) is 40.5 Å². The van der Waals surface area contributed by atoms with Gasteiger partial charge < -0.3 is 19.7 Å². The highest BCUT2D eigenvalue weighted by molar-refractivity contribution is 14.0. The Morgan fingerprint density at radius 2 is 2.32 bits per heavy atom. The minimum absolute atomic E-state index is 0. The minimum Gasteiger partial charge on any atom is -0.477 e. The maximum absolute atomic E-state index is 5.80. The van der Waals surface area contributed by atoms with Crippen LogP contribution in [0.5, 0.6) is 5.88 Å². The Morgan fingerprint density at radius 1 is 1.48 bits per heavy atom. The van der Waals surface area contributed by atoms with Crippen molar-refractivity contribution in [3.05, 3.63) is 23.9 Å². The van der Waals surface area contributed by atoms with Crippen LogP contribution >= 0.6 is 24.0 Å². The van der Waals surface area contributed by atoms with Crippen molar-refractivity contribution in [2.45, 2.75) is 32.7 Å². The lowest BCUT2D eigenvalue weighted by Gasteiger charge is -2.22. The Bertz CT molecular complexity index is 528. The van der Waals surface area contributed by atoms with Crippen LogP contribution in [0.3, 0.4) is 0 Å². The molecule has 25 heavy (non-hydrogen) atoms. The Balaban J connectivity index is 0.00000312. The predicted molar refractivity (Wildman–Crippen MR) is 112 cm³/mol. The first-order valence-electron chi connectivity index (χ1n) is 8.79. The quantitative estimate of drug-likeness (QED) is 0.279. The summed E-state index contributed by atoms with van der Waals surface area (Å²) in [5.74, 6) is 2.23. The van der Waals surface area contributed by atoms with Gasteiger partial charge in [0.15, 0.2) is 5.96 Å². The van der Waals surface area contributed by atoms with Gasteiger partial charge in [-0.15, -0.1) is 24.0 Å². The number of nitrogens with one attached hydrogen (secondary N) is 1. The number of rotatable bonds is 8. The van der Waals surface area contributed by atoms with E-state index in [0.717, 1.165) is 50.5 Å². The van der Waals surface area contributed by atoms with Crippen molar-refractivity contribution in [2.24, 2.45) is 10.9 Å². The van der Waals surface area contributed by atoms with Crippen molar-refractivity contribution in [3.8, 4) is 5.88 Å². The molecule has 0 aliphatic carbocycles. The third-order valence-electron chi connectivity index (χ3n) is 4.22. The monoisotopic (exact) mass is 462 g/mol. The van der Waals surface area contributed by atoms with Crippen molar-refractivity contribution >= 4 is 29.9 Å². The van der Waals surface area contributed by atoms with E-state index in [1.807, 2.05) is 19.2 Å². The van der Waals surface area contributed by atoms with E-state index in [2.05, 4.69) is 27.1 Å². The standard InChI is InChI=1S/C18H30N4O2.HI/c1-4-5-11-24-17-16(7-6-9-20-17)12-21-18(19-2)22-10-8-15(13-22)14-23-3;/h6-7,9,15H,4-5,8,10-14H2,1-3H3,(H,19,21);1H. The smallest absolute Gasteiger partial charge is 0.218 e. The second-order valence-electron chi connectivity index (χ2n) is 6.13. The molecule has 1 saturated heterocycles. The van der Waals surface area contributed by atoms with Gasteiger partial charge in [-0.1, -0.05) is 19.4 Å². The van der Waals surface area contributed by atoms with Crippen LogP contribution in [0.15, 0.2) is 23.3 Å². The van der Waals surface area contributed by atoms with Gasteiger partial charge in [-0.2, -0.15) is 0 Å². The van der Waals surface area contributed by atoms with Crippen LogP contribution in [-0.4, -0.2) is 56.3 Å². The van der Waals surface area contributed by atoms with Gasteiger partial charge in [-0.05, 0) is 18.9 Å². The predicted octanol–water partition coefficient (Wildman–Crippen LogP) is 2.92. The molecule has 1 aromatic heterocycles. The number of hydrogen-bond donors (Lipinski definition) is 1. The van der Waals surface area contributed by atoms with Gasteiger partial charge in [0.25, 0.3) is 0 Å². The van der Waals surface area contributed by atoms with Gasteiger partial charge in [-0.3, -0.25) is 4.99 Å². The summed E-state index contributed by atoms with van der Waals surface area (Å²) in [6.45, 7) is 6.33. The topological polar surface area (TPSA) is 59.0 Å². The lowest BCUT2D eigenvalue weighted by molar-refractivity contribution is 0.157. The van der Waals surface area contributed by atoms with E-state index in [1.54, 1.807) is 13.3 Å². The largest absolute Gasteiger partial charge is 0.477 e. The lowest BCUT2D eigenvalue weighted by atomic mass is 10.1. The molecule has 1 N–H and O–H groups in total. The van der Waals surface area contributed by atoms with Crippen LogP contribution in [0, 0.1) is 5.92 Å². The summed E-state index contributed by atoms with van der Waals surface area (Å²) in [5, 5.41) is 3.44. The number of unbranched alkanes of at least 4 members (excludes halogenated alkanes) is 1. The Labute approximate surface area is 168 Å². The van der Waals surface area contributed by atoms with Gasteiger partial charge in [0, 0.05) is 51.5 Å². The van der Waals surface area contributed by atoms with Gasteiger partial charge in [0.1, 0.15) is 0 Å². The number of ether oxygens (including phenoxy) is 2. The number of nitrogens with zero attached hydrogens (tertiary/aromatic N) is 3. The van der Waals surface area contributed by atoms with Gasteiger partial charge >= 0.3 is 0 Å². The summed E-state index contributed by atoms with van der Waals surface area (Å²) in [6, 6.07) is 3.99. The van der Waals surface area contributed by atoms with Gasteiger partial charge in [0.05, 0.1) is 13.2 Å². The van der Waals surface area contributed by atoms with Gasteiger partial charge in [-0.25, -0.2) is 4.98 Å². The third-order valence-corrected chi connectivity index (χ3v) is 4.22. The molecular formula is C18H31IN4O2. The number of hydrogen-bond acceptors (Lipinski definition) is 4. The number of pyridine rings is 1. The average molecular weight is 462 g/mol. The number of guanidine groups is 1. The summed E-state index contributed by atoms with van der Waals surface area (Å²) in [5.41, 5.74) is 1.06. The highest BCUT2D eigenvalue weighted by Gasteiger charge is 2.24. The number of likely N-dealkylation sites (tertiary alicyclic amines) is 1. The molecule has 0 spiro atoms. The highest BCUT2D eigenvalue weighted by atomic mass is 127. The second kappa shape index (κ2) is 12.3. The fourth-order valence-corrected chi connectivity index (χ4v) is 2.91. The number of halogens is 1. The SMILES string of the molecule is CCCCOc1ncccc1CNC(=NC)N1CCC(COC)C1.I. The number of aromatic nitrogens is 1. The Hall–Kier alpha value is -1.09. The van der Waals surface area contributed by atoms with E-state index in [1.165, 1.54) is 0 Å². The van der Waals surface area contributed by atoms with E-state index in [9.17, 15) is 0 Å². The molecule has 0 saturated carbocycles. The summed E-state index contributed by atoms with van der Waals surface area (Å²) < 4.78 is 11.1. The van der Waals surface area contributed by atoms with E-state index in [0.29, 0.717) is 24.9 Å². The molecule has 0 bridgehead atoms. The maximum Gasteiger partial charge on any atom is 0.218 e. The van der Waals surface area contributed by atoms with Crippen molar-refractivity contribution in [3.63, 3.8) is 0 Å². The first-order valence-corrected chi connectivity index (χ1v) is 8.79. The lowest BCUT2D eigenvalue weighted by Crippen LogP contribution is -2.40. The zero-order valence-electron chi connectivity index (χ0n) is 15.5. The van der Waals surface area contributed by atoms with Crippen molar-refractivity contribution in [1.29, 1.82) is 0 Å². The molecular weight excluding hydrogens is 431 g/mol. The Kier molecular flexibility index (Phi) is 10.8. The summed E-state index contributed by atoms with van der Waals surface area (Å²) in [7, 11) is 3.59. The Morgan fingerprint density at radius 3 is 3.04 bits per heavy atom. The summed E-state index contributed by atoms with van der Waals surface area (Å²) in [6.07, 6.45) is 5.08. The maximum atomic E-state index is 5.80. The van der Waals surface area contributed by atoms with Crippen LogP contribution in [0.4, 0.5) is 0 Å². The second-order valence-corrected chi connectivity index (χ2v) is 6.13. The van der Waals surface area contributed by atoms with E-state index < -0.39 is 0 Å². The van der Waals surface area contributed by atoms with Crippen molar-refractivity contribution in [1.82, 2.24) is 15.2 Å². The minimum atomic E-state index is 0. The van der Waals surface area contributed by atoms with Crippen LogP contribution in [0.25, 0.3) is 0 Å². The zero-order chi connectivity index (χ0) is 17.2. The van der Waals surface area contributed by atoms with E-state index in [-0.39, 0.29) is 24.0 Å². The normalized spacial score (nSPS) is 17.3. The van der Waals surface area contributed by atoms with Crippen LogP contribution < -0.4 is 10.1 Å². The molecule has 1 aliphatic heterocycles. The van der Waals surface area contributed by atoms with Gasteiger partial charge in [0.2, 0.25) is 5.88 Å². The molecule has 0 aromatic carbocycles. The first-order chi connectivity index (χ1) is 11.8. The summed E-state index contributed by atoms with van der Waals surface area (Å²) >= 11 is 0. The molecule has 1 atom stereocenters. The molecule has 1 unspecified atom stereocenters. The van der Waals surface area contributed by atoms with Crippen molar-refractivity contribution < 1.29 is 9.47 Å². The highest BCUT2D eigenvalue weighted by Crippen LogP contribution is 2.18.